The minimum Gasteiger partial charge on any atom is -0.366 e. The molecule has 2 heterocycles. The van der Waals surface area contributed by atoms with Crippen molar-refractivity contribution in [2.24, 2.45) is 0 Å². The molecule has 96 valence electrons. The molecular weight excluding hydrogens is 232 g/mol. The van der Waals surface area contributed by atoms with Gasteiger partial charge in [0.2, 0.25) is 11.8 Å². The summed E-state index contributed by atoms with van der Waals surface area (Å²) in [6.07, 6.45) is 7.36. The maximum atomic E-state index is 5.44. The van der Waals surface area contributed by atoms with E-state index in [1.54, 1.807) is 0 Å². The van der Waals surface area contributed by atoms with Gasteiger partial charge in [-0.3, -0.25) is 5.10 Å². The number of hydrogen-bond acceptors (Lipinski definition) is 6. The van der Waals surface area contributed by atoms with Crippen molar-refractivity contribution < 1.29 is 4.52 Å². The van der Waals surface area contributed by atoms with Gasteiger partial charge in [0.05, 0.1) is 0 Å². The van der Waals surface area contributed by atoms with Crippen LogP contribution >= 0.6 is 0 Å². The number of aromatic nitrogens is 5. The van der Waals surface area contributed by atoms with Crippen LogP contribution in [0.1, 0.15) is 50.3 Å². The highest BCUT2D eigenvalue weighted by Crippen LogP contribution is 2.30. The third-order valence-corrected chi connectivity index (χ3v) is 3.37. The first-order valence-corrected chi connectivity index (χ1v) is 6.35. The van der Waals surface area contributed by atoms with Crippen molar-refractivity contribution in [3.8, 4) is 11.7 Å². The fraction of sp³-hybridized carbons (Fsp3) is 0.636. The Labute approximate surface area is 104 Å². The van der Waals surface area contributed by atoms with Crippen LogP contribution in [0, 0.1) is 0 Å². The Balaban J connectivity index is 1.80. The maximum Gasteiger partial charge on any atom is 0.295 e. The van der Waals surface area contributed by atoms with E-state index in [2.05, 4.69) is 25.3 Å². The minimum absolute atomic E-state index is 0.180. The fourth-order valence-corrected chi connectivity index (χ4v) is 2.40. The van der Waals surface area contributed by atoms with Crippen LogP contribution in [0.25, 0.3) is 11.7 Å². The van der Waals surface area contributed by atoms with Crippen LogP contribution in [-0.2, 0) is 0 Å². The van der Waals surface area contributed by atoms with Gasteiger partial charge in [-0.2, -0.15) is 9.97 Å². The molecule has 1 fully saturated rings. The number of aromatic amines is 1. The predicted octanol–water partition coefficient (Wildman–Crippen LogP) is 1.87. The monoisotopic (exact) mass is 248 g/mol. The van der Waals surface area contributed by atoms with E-state index in [0.717, 1.165) is 18.7 Å². The Kier molecular flexibility index (Phi) is 2.95. The number of rotatable bonds is 2. The Morgan fingerprint density at radius 2 is 1.89 bits per heavy atom. The molecule has 0 bridgehead atoms. The number of nitrogens with zero attached hydrogens (tertiary/aromatic N) is 4. The van der Waals surface area contributed by atoms with Crippen LogP contribution in [0.15, 0.2) is 4.52 Å². The highest BCUT2D eigenvalue weighted by atomic mass is 16.5. The minimum atomic E-state index is 0.180. The second-order valence-corrected chi connectivity index (χ2v) is 4.69. The maximum absolute atomic E-state index is 5.44. The van der Waals surface area contributed by atoms with Crippen LogP contribution in [0.5, 0.6) is 0 Å². The second kappa shape index (κ2) is 4.75. The van der Waals surface area contributed by atoms with Gasteiger partial charge in [-0.1, -0.05) is 30.8 Å². The Morgan fingerprint density at radius 3 is 2.56 bits per heavy atom. The van der Waals surface area contributed by atoms with E-state index in [1.807, 2.05) is 0 Å². The van der Waals surface area contributed by atoms with Gasteiger partial charge in [-0.15, -0.1) is 5.10 Å². The Bertz CT molecular complexity index is 511. The number of anilines is 1. The molecule has 2 aromatic heterocycles. The smallest absolute Gasteiger partial charge is 0.295 e. The first-order valence-electron chi connectivity index (χ1n) is 6.35. The zero-order valence-corrected chi connectivity index (χ0v) is 10.1. The number of nitrogens with two attached hydrogens (primary N) is 1. The average Bonchev–Trinajstić information content (AvgIpc) is 2.92. The predicted molar refractivity (Wildman–Crippen MR) is 64.5 cm³/mol. The van der Waals surface area contributed by atoms with Gasteiger partial charge < -0.3 is 10.3 Å². The molecule has 1 aliphatic carbocycles. The first kappa shape index (κ1) is 11.2. The lowest BCUT2D eigenvalue weighted by Gasteiger charge is -2.07. The highest BCUT2D eigenvalue weighted by molar-refractivity contribution is 5.41. The molecule has 0 aromatic carbocycles. The van der Waals surface area contributed by atoms with Crippen molar-refractivity contribution in [1.82, 2.24) is 25.3 Å². The van der Waals surface area contributed by atoms with Crippen molar-refractivity contribution in [3.05, 3.63) is 5.82 Å². The Hall–Kier alpha value is -1.92. The third-order valence-electron chi connectivity index (χ3n) is 3.37. The number of H-pyrrole nitrogens is 1. The van der Waals surface area contributed by atoms with E-state index in [1.165, 1.54) is 25.7 Å². The molecule has 3 rings (SSSR count). The molecule has 0 amide bonds. The van der Waals surface area contributed by atoms with Crippen molar-refractivity contribution in [2.75, 3.05) is 5.73 Å². The topological polar surface area (TPSA) is 107 Å². The third kappa shape index (κ3) is 2.20. The van der Waals surface area contributed by atoms with E-state index in [9.17, 15) is 0 Å². The standard InChI is InChI=1S/C11H16N6O/c12-11-14-9(15-16-11)10-13-8(17-18-10)7-5-3-1-2-4-6-7/h7H,1-6H2,(H3,12,14,15,16). The van der Waals surface area contributed by atoms with Crippen LogP contribution in [0.2, 0.25) is 0 Å². The molecule has 2 aromatic rings. The normalized spacial score (nSPS) is 17.8. The van der Waals surface area contributed by atoms with E-state index in [-0.39, 0.29) is 5.95 Å². The molecule has 1 saturated carbocycles. The van der Waals surface area contributed by atoms with E-state index < -0.39 is 0 Å². The van der Waals surface area contributed by atoms with Crippen LogP contribution in [0.3, 0.4) is 0 Å². The fourth-order valence-electron chi connectivity index (χ4n) is 2.40. The average molecular weight is 248 g/mol. The lowest BCUT2D eigenvalue weighted by Crippen LogP contribution is -1.99. The quantitative estimate of drug-likeness (QED) is 0.786. The molecule has 3 N–H and O–H groups in total. The zero-order chi connectivity index (χ0) is 12.4. The lowest BCUT2D eigenvalue weighted by molar-refractivity contribution is 0.408. The molecule has 0 saturated heterocycles. The van der Waals surface area contributed by atoms with Crippen LogP contribution in [-0.4, -0.2) is 25.3 Å². The molecule has 0 aliphatic heterocycles. The van der Waals surface area contributed by atoms with E-state index in [4.69, 9.17) is 10.3 Å². The molecule has 0 radical (unpaired) electrons. The molecule has 7 heteroatoms. The molecule has 0 atom stereocenters. The van der Waals surface area contributed by atoms with Crippen molar-refractivity contribution in [1.29, 1.82) is 0 Å². The molecular formula is C11H16N6O. The first-order chi connectivity index (χ1) is 8.83. The number of hydrogen-bond donors (Lipinski definition) is 2. The highest BCUT2D eigenvalue weighted by Gasteiger charge is 2.21. The largest absolute Gasteiger partial charge is 0.366 e. The van der Waals surface area contributed by atoms with Gasteiger partial charge >= 0.3 is 0 Å². The van der Waals surface area contributed by atoms with Crippen molar-refractivity contribution in [3.63, 3.8) is 0 Å². The molecule has 0 unspecified atom stereocenters. The van der Waals surface area contributed by atoms with Crippen molar-refractivity contribution >= 4 is 5.95 Å². The lowest BCUT2D eigenvalue weighted by atomic mass is 10.00. The second-order valence-electron chi connectivity index (χ2n) is 4.69. The van der Waals surface area contributed by atoms with Crippen LogP contribution in [0.4, 0.5) is 5.95 Å². The van der Waals surface area contributed by atoms with Crippen LogP contribution < -0.4 is 5.73 Å². The summed E-state index contributed by atoms with van der Waals surface area (Å²) in [5.41, 5.74) is 5.44. The summed E-state index contributed by atoms with van der Waals surface area (Å²) in [5, 5.41) is 10.5. The molecule has 1 aliphatic rings. The zero-order valence-electron chi connectivity index (χ0n) is 10.1. The summed E-state index contributed by atoms with van der Waals surface area (Å²) in [7, 11) is 0. The number of nitrogens with one attached hydrogen (secondary N) is 1. The van der Waals surface area contributed by atoms with Gasteiger partial charge in [0.15, 0.2) is 5.82 Å². The van der Waals surface area contributed by atoms with E-state index >= 15 is 0 Å². The summed E-state index contributed by atoms with van der Waals surface area (Å²) in [4.78, 5) is 8.36. The van der Waals surface area contributed by atoms with Gasteiger partial charge in [0.25, 0.3) is 5.89 Å². The summed E-state index contributed by atoms with van der Waals surface area (Å²) in [6.45, 7) is 0. The Morgan fingerprint density at radius 1 is 1.11 bits per heavy atom. The van der Waals surface area contributed by atoms with Gasteiger partial charge in [0.1, 0.15) is 0 Å². The molecule has 7 nitrogen and oxygen atoms in total. The summed E-state index contributed by atoms with van der Waals surface area (Å²) >= 11 is 0. The summed E-state index contributed by atoms with van der Waals surface area (Å²) in [5.74, 6) is 2.16. The number of nitrogen functional groups attached to an aromatic ring is 1. The van der Waals surface area contributed by atoms with Gasteiger partial charge in [0, 0.05) is 5.92 Å². The summed E-state index contributed by atoms with van der Waals surface area (Å²) in [6, 6.07) is 0. The van der Waals surface area contributed by atoms with Gasteiger partial charge in [-0.25, -0.2) is 0 Å². The summed E-state index contributed by atoms with van der Waals surface area (Å²) < 4.78 is 5.21. The molecule has 0 spiro atoms. The molecule has 18 heavy (non-hydrogen) atoms. The van der Waals surface area contributed by atoms with E-state index in [0.29, 0.717) is 17.6 Å². The van der Waals surface area contributed by atoms with Crippen molar-refractivity contribution in [2.45, 2.75) is 44.4 Å². The van der Waals surface area contributed by atoms with Gasteiger partial charge in [-0.05, 0) is 12.8 Å². The SMILES string of the molecule is Nc1n[nH]c(-c2nc(C3CCCCCC3)no2)n1.